The molecular formula is C17H25N3O4. The van der Waals surface area contributed by atoms with E-state index in [1.54, 1.807) is 12.1 Å². The van der Waals surface area contributed by atoms with E-state index in [-0.39, 0.29) is 10.6 Å². The van der Waals surface area contributed by atoms with Crippen molar-refractivity contribution in [3.8, 4) is 0 Å². The Morgan fingerprint density at radius 3 is 2.58 bits per heavy atom. The van der Waals surface area contributed by atoms with E-state index in [4.69, 9.17) is 9.47 Å². The molecule has 2 heterocycles. The number of benzene rings is 1. The number of anilines is 1. The summed E-state index contributed by atoms with van der Waals surface area (Å²) in [5, 5.41) is 10.7. The Morgan fingerprint density at radius 2 is 1.96 bits per heavy atom. The third kappa shape index (κ3) is 4.66. The zero-order valence-corrected chi connectivity index (χ0v) is 13.9. The Kier molecular flexibility index (Phi) is 6.01. The number of nitrogens with zero attached hydrogens (tertiary/aromatic N) is 3. The summed E-state index contributed by atoms with van der Waals surface area (Å²) in [5.74, 6) is 0. The van der Waals surface area contributed by atoms with Gasteiger partial charge in [0.15, 0.2) is 0 Å². The van der Waals surface area contributed by atoms with Gasteiger partial charge in [0.1, 0.15) is 0 Å². The fourth-order valence-electron chi connectivity index (χ4n) is 3.20. The minimum absolute atomic E-state index is 0.140. The van der Waals surface area contributed by atoms with Gasteiger partial charge in [-0.3, -0.25) is 15.0 Å². The highest BCUT2D eigenvalue weighted by Gasteiger charge is 2.19. The summed E-state index contributed by atoms with van der Waals surface area (Å²) in [7, 11) is 0. The summed E-state index contributed by atoms with van der Waals surface area (Å²) >= 11 is 0. The Hall–Kier alpha value is -1.70. The van der Waals surface area contributed by atoms with Crippen LogP contribution in [0.5, 0.6) is 0 Å². The number of nitro groups is 1. The zero-order valence-electron chi connectivity index (χ0n) is 13.9. The lowest BCUT2D eigenvalue weighted by atomic mass is 10.2. The first-order chi connectivity index (χ1) is 11.7. The summed E-state index contributed by atoms with van der Waals surface area (Å²) in [5.41, 5.74) is 1.19. The second kappa shape index (κ2) is 8.41. The highest BCUT2D eigenvalue weighted by atomic mass is 16.6. The molecule has 132 valence electrons. The average molecular weight is 335 g/mol. The summed E-state index contributed by atoms with van der Waals surface area (Å²) < 4.78 is 11.3. The highest BCUT2D eigenvalue weighted by molar-refractivity contribution is 5.51. The van der Waals surface area contributed by atoms with Crippen molar-refractivity contribution in [2.45, 2.75) is 18.9 Å². The molecule has 0 aromatic heterocycles. The molecule has 2 fully saturated rings. The average Bonchev–Trinajstić information content (AvgIpc) is 3.13. The number of hydrogen-bond donors (Lipinski definition) is 0. The quantitative estimate of drug-likeness (QED) is 0.431. The molecule has 0 unspecified atom stereocenters. The van der Waals surface area contributed by atoms with Gasteiger partial charge in [-0.1, -0.05) is 0 Å². The molecule has 0 spiro atoms. The molecule has 1 aromatic rings. The SMILES string of the molecule is O=[N+]([O-])c1ccc(N2CCN(CCOC[C@@H]3CCCO3)CC2)cc1. The largest absolute Gasteiger partial charge is 0.377 e. The first kappa shape index (κ1) is 17.1. The molecule has 0 amide bonds. The Morgan fingerprint density at radius 1 is 1.21 bits per heavy atom. The maximum atomic E-state index is 10.7. The first-order valence-electron chi connectivity index (χ1n) is 8.63. The van der Waals surface area contributed by atoms with E-state index in [9.17, 15) is 10.1 Å². The van der Waals surface area contributed by atoms with Gasteiger partial charge < -0.3 is 14.4 Å². The molecular weight excluding hydrogens is 310 g/mol. The Balaban J connectivity index is 1.35. The molecule has 7 heteroatoms. The van der Waals surface area contributed by atoms with Crippen LogP contribution in [0.4, 0.5) is 11.4 Å². The van der Waals surface area contributed by atoms with Crippen LogP contribution in [0.25, 0.3) is 0 Å². The van der Waals surface area contributed by atoms with Gasteiger partial charge in [-0.2, -0.15) is 0 Å². The maximum Gasteiger partial charge on any atom is 0.269 e. The van der Waals surface area contributed by atoms with Crippen LogP contribution >= 0.6 is 0 Å². The molecule has 7 nitrogen and oxygen atoms in total. The van der Waals surface area contributed by atoms with Crippen molar-refractivity contribution in [3.63, 3.8) is 0 Å². The van der Waals surface area contributed by atoms with Crippen molar-refractivity contribution in [3.05, 3.63) is 34.4 Å². The molecule has 24 heavy (non-hydrogen) atoms. The topological polar surface area (TPSA) is 68.1 Å². The number of hydrogen-bond acceptors (Lipinski definition) is 6. The Bertz CT molecular complexity index is 523. The first-order valence-corrected chi connectivity index (χ1v) is 8.63. The monoisotopic (exact) mass is 335 g/mol. The standard InChI is InChI=1S/C17H25N3O4/c21-20(22)16-5-3-15(4-6-16)19-9-7-18(8-10-19)11-13-23-14-17-2-1-12-24-17/h3-6,17H,1-2,7-14H2/t17-/m0/s1. The second-order valence-corrected chi connectivity index (χ2v) is 6.31. The van der Waals surface area contributed by atoms with Gasteiger partial charge in [-0.25, -0.2) is 0 Å². The predicted octanol–water partition coefficient (Wildman–Crippen LogP) is 1.91. The summed E-state index contributed by atoms with van der Waals surface area (Å²) in [4.78, 5) is 15.0. The van der Waals surface area contributed by atoms with Crippen LogP contribution in [0.2, 0.25) is 0 Å². The van der Waals surface area contributed by atoms with E-state index in [1.807, 2.05) is 12.1 Å². The molecule has 0 bridgehead atoms. The smallest absolute Gasteiger partial charge is 0.269 e. The van der Waals surface area contributed by atoms with E-state index < -0.39 is 0 Å². The minimum atomic E-state index is -0.363. The summed E-state index contributed by atoms with van der Waals surface area (Å²) in [6.07, 6.45) is 2.57. The number of nitro benzene ring substituents is 1. The van der Waals surface area contributed by atoms with Gasteiger partial charge in [0.05, 0.1) is 24.2 Å². The van der Waals surface area contributed by atoms with E-state index in [2.05, 4.69) is 9.80 Å². The zero-order chi connectivity index (χ0) is 16.8. The van der Waals surface area contributed by atoms with Gasteiger partial charge in [-0.05, 0) is 25.0 Å². The van der Waals surface area contributed by atoms with Crippen LogP contribution in [0.1, 0.15) is 12.8 Å². The van der Waals surface area contributed by atoms with Crippen LogP contribution in [0.15, 0.2) is 24.3 Å². The molecule has 3 rings (SSSR count). The molecule has 2 aliphatic heterocycles. The molecule has 2 aliphatic rings. The number of non-ortho nitro benzene ring substituents is 1. The minimum Gasteiger partial charge on any atom is -0.377 e. The highest BCUT2D eigenvalue weighted by Crippen LogP contribution is 2.20. The van der Waals surface area contributed by atoms with Gasteiger partial charge in [0, 0.05) is 57.2 Å². The lowest BCUT2D eigenvalue weighted by molar-refractivity contribution is -0.384. The van der Waals surface area contributed by atoms with Gasteiger partial charge in [0.2, 0.25) is 0 Å². The van der Waals surface area contributed by atoms with Crippen molar-refractivity contribution >= 4 is 11.4 Å². The molecule has 0 radical (unpaired) electrons. The van der Waals surface area contributed by atoms with E-state index in [1.165, 1.54) is 0 Å². The molecule has 0 N–H and O–H groups in total. The van der Waals surface area contributed by atoms with E-state index in [0.717, 1.165) is 64.5 Å². The fraction of sp³-hybridized carbons (Fsp3) is 0.647. The van der Waals surface area contributed by atoms with Crippen LogP contribution in [0, 0.1) is 10.1 Å². The number of rotatable bonds is 7. The lowest BCUT2D eigenvalue weighted by Gasteiger charge is -2.36. The summed E-state index contributed by atoms with van der Waals surface area (Å²) in [6.45, 7) is 7.12. The second-order valence-electron chi connectivity index (χ2n) is 6.31. The third-order valence-corrected chi connectivity index (χ3v) is 4.68. The van der Waals surface area contributed by atoms with E-state index in [0.29, 0.717) is 12.7 Å². The number of ether oxygens (including phenoxy) is 2. The molecule has 2 saturated heterocycles. The van der Waals surface area contributed by atoms with Crippen molar-refractivity contribution < 1.29 is 14.4 Å². The van der Waals surface area contributed by atoms with Crippen LogP contribution < -0.4 is 4.90 Å². The summed E-state index contributed by atoms with van der Waals surface area (Å²) in [6, 6.07) is 6.80. The molecule has 1 atom stereocenters. The Labute approximate surface area is 142 Å². The van der Waals surface area contributed by atoms with Crippen molar-refractivity contribution in [2.24, 2.45) is 0 Å². The third-order valence-electron chi connectivity index (χ3n) is 4.68. The molecule has 0 saturated carbocycles. The van der Waals surface area contributed by atoms with E-state index >= 15 is 0 Å². The molecule has 0 aliphatic carbocycles. The van der Waals surface area contributed by atoms with Crippen LogP contribution in [-0.2, 0) is 9.47 Å². The van der Waals surface area contributed by atoms with Gasteiger partial charge >= 0.3 is 0 Å². The van der Waals surface area contributed by atoms with Crippen molar-refractivity contribution in [2.75, 3.05) is 57.4 Å². The predicted molar refractivity (Wildman–Crippen MR) is 91.5 cm³/mol. The fourth-order valence-corrected chi connectivity index (χ4v) is 3.20. The normalized spacial score (nSPS) is 22.0. The van der Waals surface area contributed by atoms with Crippen LogP contribution in [-0.4, -0.2) is 68.5 Å². The lowest BCUT2D eigenvalue weighted by Crippen LogP contribution is -2.47. The van der Waals surface area contributed by atoms with Gasteiger partial charge in [0.25, 0.3) is 5.69 Å². The van der Waals surface area contributed by atoms with Gasteiger partial charge in [-0.15, -0.1) is 0 Å². The van der Waals surface area contributed by atoms with Crippen molar-refractivity contribution in [1.82, 2.24) is 4.90 Å². The van der Waals surface area contributed by atoms with Crippen molar-refractivity contribution in [1.29, 1.82) is 0 Å². The molecule has 1 aromatic carbocycles. The maximum absolute atomic E-state index is 10.7. The van der Waals surface area contributed by atoms with Crippen LogP contribution in [0.3, 0.4) is 0 Å². The number of piperazine rings is 1.